The molecule has 2 aromatic carbocycles. The minimum atomic E-state index is 0.543. The molecule has 1 heteroatoms. The number of aldehydes is 1. The zero-order chi connectivity index (χ0) is 13.1. The lowest BCUT2D eigenvalue weighted by molar-refractivity contribution is 0.112. The van der Waals surface area contributed by atoms with Crippen molar-refractivity contribution in [1.82, 2.24) is 0 Å². The van der Waals surface area contributed by atoms with Crippen molar-refractivity contribution < 1.29 is 4.79 Å². The molecule has 0 radical (unpaired) electrons. The Labute approximate surface area is 108 Å². The molecular formula is C17H18O. The summed E-state index contributed by atoms with van der Waals surface area (Å²) >= 11 is 0. The van der Waals surface area contributed by atoms with Crippen molar-refractivity contribution in [2.75, 3.05) is 0 Å². The first-order valence-electron chi connectivity index (χ1n) is 6.28. The third-order valence-electron chi connectivity index (χ3n) is 3.29. The van der Waals surface area contributed by atoms with E-state index >= 15 is 0 Å². The molecule has 1 nitrogen and oxygen atoms in total. The Morgan fingerprint density at radius 3 is 2.22 bits per heavy atom. The Hall–Kier alpha value is -1.89. The molecule has 0 unspecified atom stereocenters. The van der Waals surface area contributed by atoms with Crippen molar-refractivity contribution in [3.63, 3.8) is 0 Å². The topological polar surface area (TPSA) is 17.1 Å². The molecule has 18 heavy (non-hydrogen) atoms. The number of carbonyl (C=O) groups is 1. The molecule has 0 heterocycles. The summed E-state index contributed by atoms with van der Waals surface area (Å²) in [5.74, 6) is 0.543. The predicted molar refractivity (Wildman–Crippen MR) is 76.1 cm³/mol. The zero-order valence-electron chi connectivity index (χ0n) is 11.1. The van der Waals surface area contributed by atoms with Crippen LogP contribution in [0.25, 0.3) is 11.1 Å². The average molecular weight is 238 g/mol. The van der Waals surface area contributed by atoms with E-state index in [0.29, 0.717) is 5.92 Å². The Bertz CT molecular complexity index is 550. The molecule has 0 atom stereocenters. The van der Waals surface area contributed by atoms with Crippen LogP contribution < -0.4 is 0 Å². The maximum Gasteiger partial charge on any atom is 0.150 e. The highest BCUT2D eigenvalue weighted by atomic mass is 16.1. The lowest BCUT2D eigenvalue weighted by Gasteiger charge is -2.09. The van der Waals surface area contributed by atoms with Gasteiger partial charge in [-0.15, -0.1) is 0 Å². The standard InChI is InChI=1S/C17H18O/c1-12(2)15-6-8-16(9-7-15)17-10-14(11-18)5-4-13(17)3/h4-12H,1-3H3. The van der Waals surface area contributed by atoms with E-state index in [2.05, 4.69) is 45.0 Å². The van der Waals surface area contributed by atoms with E-state index in [4.69, 9.17) is 0 Å². The second-order valence-electron chi connectivity index (χ2n) is 4.97. The first-order chi connectivity index (χ1) is 8.61. The molecule has 0 aliphatic rings. The second kappa shape index (κ2) is 5.18. The third kappa shape index (κ3) is 2.51. The van der Waals surface area contributed by atoms with Gasteiger partial charge in [-0.1, -0.05) is 50.2 Å². The number of carbonyl (C=O) groups excluding carboxylic acids is 1. The van der Waals surface area contributed by atoms with Crippen LogP contribution in [0, 0.1) is 6.92 Å². The van der Waals surface area contributed by atoms with Crippen LogP contribution in [0.2, 0.25) is 0 Å². The van der Waals surface area contributed by atoms with Gasteiger partial charge in [0.05, 0.1) is 0 Å². The highest BCUT2D eigenvalue weighted by Gasteiger charge is 2.04. The Balaban J connectivity index is 2.44. The van der Waals surface area contributed by atoms with Gasteiger partial charge in [-0.25, -0.2) is 0 Å². The molecule has 0 bridgehead atoms. The Kier molecular flexibility index (Phi) is 3.61. The zero-order valence-corrected chi connectivity index (χ0v) is 11.1. The van der Waals surface area contributed by atoms with Crippen molar-refractivity contribution in [2.24, 2.45) is 0 Å². The van der Waals surface area contributed by atoms with Gasteiger partial charge in [-0.05, 0) is 41.2 Å². The van der Waals surface area contributed by atoms with E-state index in [1.807, 2.05) is 18.2 Å². The van der Waals surface area contributed by atoms with Gasteiger partial charge in [0.1, 0.15) is 6.29 Å². The fourth-order valence-corrected chi connectivity index (χ4v) is 2.07. The number of hydrogen-bond donors (Lipinski definition) is 0. The molecule has 0 aliphatic heterocycles. The van der Waals surface area contributed by atoms with Crippen LogP contribution in [-0.2, 0) is 0 Å². The van der Waals surface area contributed by atoms with E-state index < -0.39 is 0 Å². The van der Waals surface area contributed by atoms with Crippen LogP contribution >= 0.6 is 0 Å². The van der Waals surface area contributed by atoms with Crippen LogP contribution in [0.15, 0.2) is 42.5 Å². The summed E-state index contributed by atoms with van der Waals surface area (Å²) in [6.45, 7) is 6.45. The van der Waals surface area contributed by atoms with E-state index in [1.54, 1.807) is 0 Å². The van der Waals surface area contributed by atoms with Crippen LogP contribution in [0.3, 0.4) is 0 Å². The van der Waals surface area contributed by atoms with Gasteiger partial charge in [0.2, 0.25) is 0 Å². The lowest BCUT2D eigenvalue weighted by atomic mass is 9.95. The first-order valence-corrected chi connectivity index (χ1v) is 6.28. The fourth-order valence-electron chi connectivity index (χ4n) is 2.07. The minimum Gasteiger partial charge on any atom is -0.298 e. The summed E-state index contributed by atoms with van der Waals surface area (Å²) in [4.78, 5) is 10.8. The Morgan fingerprint density at radius 1 is 1.00 bits per heavy atom. The summed E-state index contributed by atoms with van der Waals surface area (Å²) in [6.07, 6.45) is 0.894. The summed E-state index contributed by atoms with van der Waals surface area (Å²) in [7, 11) is 0. The van der Waals surface area contributed by atoms with E-state index in [1.165, 1.54) is 16.7 Å². The molecule has 0 aromatic heterocycles. The van der Waals surface area contributed by atoms with Crippen molar-refractivity contribution in [3.05, 3.63) is 59.2 Å². The molecule has 2 rings (SSSR count). The summed E-state index contributed by atoms with van der Waals surface area (Å²) in [5, 5.41) is 0. The predicted octanol–water partition coefficient (Wildman–Crippen LogP) is 4.60. The summed E-state index contributed by atoms with van der Waals surface area (Å²) < 4.78 is 0. The van der Waals surface area contributed by atoms with Crippen LogP contribution in [0.4, 0.5) is 0 Å². The highest BCUT2D eigenvalue weighted by Crippen LogP contribution is 2.26. The van der Waals surface area contributed by atoms with Gasteiger partial charge >= 0.3 is 0 Å². The van der Waals surface area contributed by atoms with E-state index in [9.17, 15) is 4.79 Å². The smallest absolute Gasteiger partial charge is 0.150 e. The maximum atomic E-state index is 10.8. The molecule has 0 fully saturated rings. The van der Waals surface area contributed by atoms with Crippen molar-refractivity contribution >= 4 is 6.29 Å². The van der Waals surface area contributed by atoms with Crippen LogP contribution in [0.1, 0.15) is 41.3 Å². The second-order valence-corrected chi connectivity index (χ2v) is 4.97. The molecule has 0 N–H and O–H groups in total. The van der Waals surface area contributed by atoms with Crippen molar-refractivity contribution in [2.45, 2.75) is 26.7 Å². The number of hydrogen-bond acceptors (Lipinski definition) is 1. The van der Waals surface area contributed by atoms with Gasteiger partial charge in [0.25, 0.3) is 0 Å². The normalized spacial score (nSPS) is 10.7. The molecule has 0 aliphatic carbocycles. The number of aryl methyl sites for hydroxylation is 1. The van der Waals surface area contributed by atoms with Gasteiger partial charge in [0, 0.05) is 5.56 Å². The monoisotopic (exact) mass is 238 g/mol. The molecule has 0 saturated heterocycles. The lowest BCUT2D eigenvalue weighted by Crippen LogP contribution is -1.89. The van der Waals surface area contributed by atoms with Gasteiger partial charge in [-0.2, -0.15) is 0 Å². The molecule has 2 aromatic rings. The summed E-state index contributed by atoms with van der Waals surface area (Å²) in [5.41, 5.74) is 5.56. The average Bonchev–Trinajstić information content (AvgIpc) is 2.39. The molecule has 0 spiro atoms. The quantitative estimate of drug-likeness (QED) is 0.714. The van der Waals surface area contributed by atoms with E-state index in [0.717, 1.165) is 17.4 Å². The molecule has 0 amide bonds. The molecule has 92 valence electrons. The SMILES string of the molecule is Cc1ccc(C=O)cc1-c1ccc(C(C)C)cc1. The number of benzene rings is 2. The van der Waals surface area contributed by atoms with Gasteiger partial charge < -0.3 is 0 Å². The van der Waals surface area contributed by atoms with Gasteiger partial charge in [0.15, 0.2) is 0 Å². The third-order valence-corrected chi connectivity index (χ3v) is 3.29. The molecular weight excluding hydrogens is 220 g/mol. The van der Waals surface area contributed by atoms with Crippen molar-refractivity contribution in [1.29, 1.82) is 0 Å². The maximum absolute atomic E-state index is 10.8. The Morgan fingerprint density at radius 2 is 1.67 bits per heavy atom. The first kappa shape index (κ1) is 12.6. The van der Waals surface area contributed by atoms with Crippen LogP contribution in [0.5, 0.6) is 0 Å². The number of rotatable bonds is 3. The largest absolute Gasteiger partial charge is 0.298 e. The summed E-state index contributed by atoms with van der Waals surface area (Å²) in [6, 6.07) is 14.4. The highest BCUT2D eigenvalue weighted by molar-refractivity contribution is 5.80. The van der Waals surface area contributed by atoms with Crippen molar-refractivity contribution in [3.8, 4) is 11.1 Å². The molecule has 0 saturated carbocycles. The van der Waals surface area contributed by atoms with Crippen LogP contribution in [-0.4, -0.2) is 6.29 Å². The van der Waals surface area contributed by atoms with Gasteiger partial charge in [-0.3, -0.25) is 4.79 Å². The van der Waals surface area contributed by atoms with E-state index in [-0.39, 0.29) is 0 Å². The minimum absolute atomic E-state index is 0.543. The fraction of sp³-hybridized carbons (Fsp3) is 0.235.